The van der Waals surface area contributed by atoms with Gasteiger partial charge in [-0.15, -0.1) is 0 Å². The van der Waals surface area contributed by atoms with Crippen molar-refractivity contribution in [3.05, 3.63) is 35.4 Å². The molecule has 1 saturated heterocycles. The van der Waals surface area contributed by atoms with Gasteiger partial charge in [-0.05, 0) is 38.0 Å². The third-order valence-corrected chi connectivity index (χ3v) is 3.49. The molecule has 1 heterocycles. The molecule has 1 fully saturated rings. The molecule has 0 N–H and O–H groups in total. The zero-order chi connectivity index (χ0) is 15.4. The minimum absolute atomic E-state index is 0.174. The van der Waals surface area contributed by atoms with Crippen LogP contribution in [0.25, 0.3) is 0 Å². The molecule has 114 valence electrons. The summed E-state index contributed by atoms with van der Waals surface area (Å²) in [6.07, 6.45) is 1.26. The molecule has 1 aromatic carbocycles. The summed E-state index contributed by atoms with van der Waals surface area (Å²) in [7, 11) is 0. The largest absolute Gasteiger partial charge is 0.466 e. The molecule has 1 aliphatic heterocycles. The van der Waals surface area contributed by atoms with Gasteiger partial charge in [-0.25, -0.2) is 8.78 Å². The molecule has 0 unspecified atom stereocenters. The van der Waals surface area contributed by atoms with Gasteiger partial charge in [0, 0.05) is 13.1 Å². The zero-order valence-electron chi connectivity index (χ0n) is 11.8. The quantitative estimate of drug-likeness (QED) is 0.805. The highest BCUT2D eigenvalue weighted by molar-refractivity contribution is 5.94. The van der Waals surface area contributed by atoms with Crippen molar-refractivity contribution in [2.24, 2.45) is 5.92 Å². The van der Waals surface area contributed by atoms with Crippen LogP contribution < -0.4 is 0 Å². The summed E-state index contributed by atoms with van der Waals surface area (Å²) in [5.74, 6) is -2.78. The van der Waals surface area contributed by atoms with Crippen LogP contribution in [0, 0.1) is 17.6 Å². The van der Waals surface area contributed by atoms with Gasteiger partial charge in [0.25, 0.3) is 5.91 Å². The van der Waals surface area contributed by atoms with Gasteiger partial charge in [0.15, 0.2) is 0 Å². The molecule has 0 bridgehead atoms. The Labute approximate surface area is 121 Å². The number of ether oxygens (including phenoxy) is 1. The van der Waals surface area contributed by atoms with Crippen molar-refractivity contribution < 1.29 is 23.1 Å². The van der Waals surface area contributed by atoms with Crippen molar-refractivity contribution in [2.75, 3.05) is 19.7 Å². The van der Waals surface area contributed by atoms with E-state index in [1.54, 1.807) is 6.92 Å². The van der Waals surface area contributed by atoms with E-state index in [0.29, 0.717) is 19.4 Å². The van der Waals surface area contributed by atoms with Crippen molar-refractivity contribution >= 4 is 11.9 Å². The van der Waals surface area contributed by atoms with Crippen LogP contribution in [0.5, 0.6) is 0 Å². The summed E-state index contributed by atoms with van der Waals surface area (Å²) >= 11 is 0. The van der Waals surface area contributed by atoms with E-state index in [-0.39, 0.29) is 24.7 Å². The van der Waals surface area contributed by atoms with E-state index in [9.17, 15) is 18.4 Å². The number of nitrogens with zero attached hydrogens (tertiary/aromatic N) is 1. The number of hydrogen-bond donors (Lipinski definition) is 0. The van der Waals surface area contributed by atoms with Crippen molar-refractivity contribution in [2.45, 2.75) is 19.8 Å². The molecular formula is C15H17F2NO3. The van der Waals surface area contributed by atoms with Crippen molar-refractivity contribution in [3.8, 4) is 0 Å². The number of hydrogen-bond acceptors (Lipinski definition) is 3. The maximum atomic E-state index is 13.6. The maximum absolute atomic E-state index is 13.6. The molecule has 0 aromatic heterocycles. The van der Waals surface area contributed by atoms with Gasteiger partial charge in [0.1, 0.15) is 11.6 Å². The minimum Gasteiger partial charge on any atom is -0.466 e. The fourth-order valence-electron chi connectivity index (χ4n) is 2.45. The number of piperidine rings is 1. The Morgan fingerprint density at radius 2 is 2.14 bits per heavy atom. The maximum Gasteiger partial charge on any atom is 0.310 e. The first kappa shape index (κ1) is 15.4. The summed E-state index contributed by atoms with van der Waals surface area (Å²) in [5.41, 5.74) is -0.306. The average Bonchev–Trinajstić information content (AvgIpc) is 2.49. The number of halogens is 2. The highest BCUT2D eigenvalue weighted by Crippen LogP contribution is 2.21. The fourth-order valence-corrected chi connectivity index (χ4v) is 2.45. The van der Waals surface area contributed by atoms with Gasteiger partial charge >= 0.3 is 5.97 Å². The second-order valence-electron chi connectivity index (χ2n) is 4.97. The summed E-state index contributed by atoms with van der Waals surface area (Å²) in [5, 5.41) is 0. The first-order chi connectivity index (χ1) is 10.0. The second kappa shape index (κ2) is 6.65. The Hall–Kier alpha value is -1.98. The topological polar surface area (TPSA) is 46.6 Å². The van der Waals surface area contributed by atoms with Gasteiger partial charge in [-0.3, -0.25) is 9.59 Å². The van der Waals surface area contributed by atoms with E-state index in [1.807, 2.05) is 0 Å². The molecule has 1 aromatic rings. The smallest absolute Gasteiger partial charge is 0.310 e. The van der Waals surface area contributed by atoms with Crippen LogP contribution in [0.4, 0.5) is 8.78 Å². The highest BCUT2D eigenvalue weighted by atomic mass is 19.1. The van der Waals surface area contributed by atoms with Gasteiger partial charge < -0.3 is 9.64 Å². The van der Waals surface area contributed by atoms with Crippen LogP contribution in [-0.4, -0.2) is 36.5 Å². The molecule has 1 amide bonds. The first-order valence-electron chi connectivity index (χ1n) is 6.94. The number of benzene rings is 1. The Balaban J connectivity index is 2.12. The Bertz CT molecular complexity index is 548. The molecule has 6 heteroatoms. The normalized spacial score (nSPS) is 18.4. The molecule has 0 spiro atoms. The van der Waals surface area contributed by atoms with Crippen LogP contribution in [-0.2, 0) is 9.53 Å². The number of amides is 1. The molecule has 1 atom stereocenters. The lowest BCUT2D eigenvalue weighted by atomic mass is 9.97. The van der Waals surface area contributed by atoms with E-state index in [2.05, 4.69) is 0 Å². The number of likely N-dealkylation sites (tertiary alicyclic amines) is 1. The average molecular weight is 297 g/mol. The van der Waals surface area contributed by atoms with E-state index >= 15 is 0 Å². The third-order valence-electron chi connectivity index (χ3n) is 3.49. The van der Waals surface area contributed by atoms with E-state index in [0.717, 1.165) is 18.2 Å². The van der Waals surface area contributed by atoms with Crippen molar-refractivity contribution in [1.82, 2.24) is 4.90 Å². The lowest BCUT2D eigenvalue weighted by molar-refractivity contribution is -0.149. The summed E-state index contributed by atoms with van der Waals surface area (Å²) in [6.45, 7) is 2.59. The van der Waals surface area contributed by atoms with Crippen molar-refractivity contribution in [3.63, 3.8) is 0 Å². The van der Waals surface area contributed by atoms with Gasteiger partial charge in [0.2, 0.25) is 0 Å². The SMILES string of the molecule is CCOC(=O)[C@@H]1CCCN(C(=O)c2cc(F)ccc2F)C1. The Morgan fingerprint density at radius 3 is 2.86 bits per heavy atom. The molecule has 1 aliphatic rings. The number of rotatable bonds is 3. The lowest BCUT2D eigenvalue weighted by Gasteiger charge is -2.31. The molecule has 4 nitrogen and oxygen atoms in total. The number of carbonyl (C=O) groups is 2. The Kier molecular flexibility index (Phi) is 4.88. The van der Waals surface area contributed by atoms with Crippen LogP contribution >= 0.6 is 0 Å². The predicted octanol–water partition coefficient (Wildman–Crippen LogP) is 2.38. The summed E-state index contributed by atoms with van der Waals surface area (Å²) in [4.78, 5) is 25.4. The molecule has 0 aliphatic carbocycles. The van der Waals surface area contributed by atoms with Crippen LogP contribution in [0.3, 0.4) is 0 Å². The lowest BCUT2D eigenvalue weighted by Crippen LogP contribution is -2.43. The first-order valence-corrected chi connectivity index (χ1v) is 6.94. The number of carbonyl (C=O) groups excluding carboxylic acids is 2. The molecule has 2 rings (SSSR count). The zero-order valence-corrected chi connectivity index (χ0v) is 11.8. The Morgan fingerprint density at radius 1 is 1.38 bits per heavy atom. The van der Waals surface area contributed by atoms with Crippen LogP contribution in [0.15, 0.2) is 18.2 Å². The highest BCUT2D eigenvalue weighted by Gasteiger charge is 2.30. The molecule has 21 heavy (non-hydrogen) atoms. The monoisotopic (exact) mass is 297 g/mol. The molecule has 0 saturated carbocycles. The van der Waals surface area contributed by atoms with Gasteiger partial charge in [-0.1, -0.05) is 0 Å². The predicted molar refractivity (Wildman–Crippen MR) is 71.6 cm³/mol. The molecule has 0 radical (unpaired) electrons. The van der Waals surface area contributed by atoms with Crippen LogP contribution in [0.2, 0.25) is 0 Å². The van der Waals surface area contributed by atoms with Crippen LogP contribution in [0.1, 0.15) is 30.1 Å². The fraction of sp³-hybridized carbons (Fsp3) is 0.467. The summed E-state index contributed by atoms with van der Waals surface area (Å²) < 4.78 is 31.8. The van der Waals surface area contributed by atoms with Gasteiger partial charge in [0.05, 0.1) is 18.1 Å². The number of esters is 1. The third kappa shape index (κ3) is 3.56. The standard InChI is InChI=1S/C15H17F2NO3/c1-2-21-15(20)10-4-3-7-18(9-10)14(19)12-8-11(16)5-6-13(12)17/h5-6,8,10H,2-4,7,9H2,1H3/t10-/m1/s1. The van der Waals surface area contributed by atoms with Crippen molar-refractivity contribution in [1.29, 1.82) is 0 Å². The summed E-state index contributed by atoms with van der Waals surface area (Å²) in [6, 6.07) is 2.77. The van der Waals surface area contributed by atoms with E-state index < -0.39 is 23.5 Å². The van der Waals surface area contributed by atoms with E-state index in [4.69, 9.17) is 4.74 Å². The van der Waals surface area contributed by atoms with Gasteiger partial charge in [-0.2, -0.15) is 0 Å². The molecular weight excluding hydrogens is 280 g/mol. The minimum atomic E-state index is -0.764. The van der Waals surface area contributed by atoms with E-state index in [1.165, 1.54) is 4.90 Å². The second-order valence-corrected chi connectivity index (χ2v) is 4.97.